The van der Waals surface area contributed by atoms with Crippen LogP contribution in [0.4, 0.5) is 0 Å². The smallest absolute Gasteiger partial charge is 0.274 e. The van der Waals surface area contributed by atoms with E-state index < -0.39 is 0 Å². The molecule has 0 aliphatic carbocycles. The number of nitrogens with zero attached hydrogens (tertiary/aromatic N) is 2. The molecule has 0 fully saturated rings. The van der Waals surface area contributed by atoms with Crippen LogP contribution in [0.5, 0.6) is 11.5 Å². The van der Waals surface area contributed by atoms with E-state index in [1.807, 2.05) is 92.7 Å². The Morgan fingerprint density at radius 3 is 2.62 bits per heavy atom. The van der Waals surface area contributed by atoms with Gasteiger partial charge in [0.1, 0.15) is 6.10 Å². The van der Waals surface area contributed by atoms with E-state index in [2.05, 4.69) is 4.98 Å². The topological polar surface area (TPSA) is 52.8 Å². The third-order valence-electron chi connectivity index (χ3n) is 5.28. The molecule has 0 spiro atoms. The predicted molar refractivity (Wildman–Crippen MR) is 129 cm³/mol. The molecule has 2 aromatic heterocycles. The third-order valence-corrected chi connectivity index (χ3v) is 6.25. The van der Waals surface area contributed by atoms with Crippen LogP contribution in [0.1, 0.15) is 31.1 Å². The van der Waals surface area contributed by atoms with Gasteiger partial charge in [0.25, 0.3) is 5.56 Å². The van der Waals surface area contributed by atoms with E-state index in [-0.39, 0.29) is 11.7 Å². The van der Waals surface area contributed by atoms with Crippen molar-refractivity contribution in [2.24, 2.45) is 0 Å². The standard InChI is InChI=1S/C26H22N2O3S/c1-3-30-23-15-18(13-14-22(23)31-17(2)19-9-5-4-6-10-19)16-24-25(29)28-21-12-8-7-11-20(21)27-26(28)32-24/h4-17H,3H2,1-2H3/b24-16+/t17-/m1/s1. The van der Waals surface area contributed by atoms with E-state index in [4.69, 9.17) is 9.47 Å². The second-order valence-electron chi connectivity index (χ2n) is 7.44. The van der Waals surface area contributed by atoms with Gasteiger partial charge in [0.05, 0.1) is 22.2 Å². The number of ether oxygens (including phenoxy) is 2. The first-order valence-electron chi connectivity index (χ1n) is 10.5. The number of imidazole rings is 1. The van der Waals surface area contributed by atoms with Gasteiger partial charge >= 0.3 is 0 Å². The van der Waals surface area contributed by atoms with Gasteiger partial charge in [-0.05, 0) is 55.3 Å². The highest BCUT2D eigenvalue weighted by molar-refractivity contribution is 7.15. The molecule has 0 saturated heterocycles. The maximum Gasteiger partial charge on any atom is 0.274 e. The molecule has 0 aliphatic rings. The molecule has 160 valence electrons. The monoisotopic (exact) mass is 442 g/mol. The number of aromatic nitrogens is 2. The zero-order valence-corrected chi connectivity index (χ0v) is 18.6. The van der Waals surface area contributed by atoms with Crippen LogP contribution in [0, 0.1) is 0 Å². The molecule has 0 unspecified atom stereocenters. The minimum atomic E-state index is -0.114. The van der Waals surface area contributed by atoms with Crippen molar-refractivity contribution >= 4 is 33.4 Å². The summed E-state index contributed by atoms with van der Waals surface area (Å²) in [4.78, 5) is 18.3. The van der Waals surface area contributed by atoms with Crippen LogP contribution in [0.15, 0.2) is 77.6 Å². The highest BCUT2D eigenvalue weighted by atomic mass is 32.1. The molecule has 0 amide bonds. The summed E-state index contributed by atoms with van der Waals surface area (Å²) in [7, 11) is 0. The number of thiazole rings is 1. The van der Waals surface area contributed by atoms with E-state index >= 15 is 0 Å². The number of para-hydroxylation sites is 2. The summed E-state index contributed by atoms with van der Waals surface area (Å²) in [6.45, 7) is 4.47. The summed E-state index contributed by atoms with van der Waals surface area (Å²) >= 11 is 1.39. The molecular formula is C26H22N2O3S. The predicted octanol–water partition coefficient (Wildman–Crippen LogP) is 5.00. The van der Waals surface area contributed by atoms with Crippen LogP contribution < -0.4 is 19.6 Å². The van der Waals surface area contributed by atoms with E-state index in [0.717, 1.165) is 22.2 Å². The molecule has 5 rings (SSSR count). The fraction of sp³-hybridized carbons (Fsp3) is 0.154. The molecule has 0 aliphatic heterocycles. The molecule has 3 aromatic carbocycles. The van der Waals surface area contributed by atoms with Crippen LogP contribution in [0.25, 0.3) is 22.1 Å². The van der Waals surface area contributed by atoms with Gasteiger partial charge in [-0.15, -0.1) is 0 Å². The van der Waals surface area contributed by atoms with Crippen LogP contribution in [-0.4, -0.2) is 16.0 Å². The fourth-order valence-corrected chi connectivity index (χ4v) is 4.71. The van der Waals surface area contributed by atoms with Gasteiger partial charge in [-0.3, -0.25) is 4.79 Å². The first-order chi connectivity index (χ1) is 15.6. The van der Waals surface area contributed by atoms with Crippen LogP contribution in [0.2, 0.25) is 0 Å². The summed E-state index contributed by atoms with van der Waals surface area (Å²) in [6.07, 6.45) is 1.76. The summed E-state index contributed by atoms with van der Waals surface area (Å²) in [5, 5.41) is 0. The normalized spacial score (nSPS) is 13.0. The van der Waals surface area contributed by atoms with Crippen LogP contribution in [0.3, 0.4) is 0 Å². The molecule has 0 N–H and O–H groups in total. The first-order valence-corrected chi connectivity index (χ1v) is 11.4. The maximum absolute atomic E-state index is 13.0. The minimum Gasteiger partial charge on any atom is -0.490 e. The SMILES string of the molecule is CCOc1cc(/C=c2/sc3nc4ccccc4n3c2=O)ccc1O[C@H](C)c1ccccc1. The summed E-state index contributed by atoms with van der Waals surface area (Å²) < 4.78 is 14.3. The van der Waals surface area contributed by atoms with Crippen molar-refractivity contribution < 1.29 is 9.47 Å². The molecule has 1 atom stereocenters. The van der Waals surface area contributed by atoms with Crippen molar-refractivity contribution in [2.45, 2.75) is 20.0 Å². The number of hydrogen-bond acceptors (Lipinski definition) is 5. The Hall–Kier alpha value is -3.64. The molecular weight excluding hydrogens is 420 g/mol. The molecule has 5 aromatic rings. The van der Waals surface area contributed by atoms with Gasteiger partial charge in [-0.2, -0.15) is 0 Å². The Morgan fingerprint density at radius 2 is 1.81 bits per heavy atom. The third kappa shape index (κ3) is 3.74. The molecule has 6 heteroatoms. The first kappa shape index (κ1) is 20.3. The molecule has 0 bridgehead atoms. The van der Waals surface area contributed by atoms with E-state index in [0.29, 0.717) is 27.6 Å². The number of benzene rings is 3. The van der Waals surface area contributed by atoms with Crippen LogP contribution >= 0.6 is 11.3 Å². The van der Waals surface area contributed by atoms with Crippen molar-refractivity contribution in [3.05, 3.63) is 98.8 Å². The average Bonchev–Trinajstić information content (AvgIpc) is 3.32. The highest BCUT2D eigenvalue weighted by Crippen LogP contribution is 2.32. The largest absolute Gasteiger partial charge is 0.490 e. The lowest BCUT2D eigenvalue weighted by Crippen LogP contribution is -2.22. The molecule has 32 heavy (non-hydrogen) atoms. The van der Waals surface area contributed by atoms with E-state index in [9.17, 15) is 4.79 Å². The van der Waals surface area contributed by atoms with Crippen molar-refractivity contribution in [2.75, 3.05) is 6.61 Å². The second kappa shape index (κ2) is 8.48. The number of fused-ring (bicyclic) bond motifs is 3. The average molecular weight is 443 g/mol. The summed E-state index contributed by atoms with van der Waals surface area (Å²) in [5.74, 6) is 1.33. The van der Waals surface area contributed by atoms with E-state index in [1.165, 1.54) is 11.3 Å². The van der Waals surface area contributed by atoms with Gasteiger partial charge < -0.3 is 9.47 Å². The lowest BCUT2D eigenvalue weighted by molar-refractivity contribution is 0.211. The Bertz CT molecular complexity index is 1510. The van der Waals surface area contributed by atoms with Crippen molar-refractivity contribution in [1.82, 2.24) is 9.38 Å². The molecule has 0 saturated carbocycles. The number of hydrogen-bond donors (Lipinski definition) is 0. The van der Waals surface area contributed by atoms with Gasteiger partial charge in [-0.1, -0.05) is 59.9 Å². The fourth-order valence-electron chi connectivity index (χ4n) is 3.73. The summed E-state index contributed by atoms with van der Waals surface area (Å²) in [5.41, 5.74) is 3.57. The van der Waals surface area contributed by atoms with Gasteiger partial charge in [0.15, 0.2) is 16.5 Å². The zero-order valence-electron chi connectivity index (χ0n) is 17.8. The van der Waals surface area contributed by atoms with Gasteiger partial charge in [-0.25, -0.2) is 9.38 Å². The lowest BCUT2D eigenvalue weighted by atomic mass is 10.1. The molecule has 2 heterocycles. The Kier molecular flexibility index (Phi) is 5.37. The van der Waals surface area contributed by atoms with Crippen LogP contribution in [-0.2, 0) is 0 Å². The minimum absolute atomic E-state index is 0.0605. The number of rotatable bonds is 6. The lowest BCUT2D eigenvalue weighted by Gasteiger charge is -2.18. The molecule has 5 nitrogen and oxygen atoms in total. The quantitative estimate of drug-likeness (QED) is 0.372. The Labute approximate surface area is 189 Å². The van der Waals surface area contributed by atoms with Crippen molar-refractivity contribution in [1.29, 1.82) is 0 Å². The Balaban J connectivity index is 1.51. The molecule has 0 radical (unpaired) electrons. The van der Waals surface area contributed by atoms with E-state index in [1.54, 1.807) is 4.40 Å². The maximum atomic E-state index is 13.0. The summed E-state index contributed by atoms with van der Waals surface area (Å²) in [6, 6.07) is 23.5. The van der Waals surface area contributed by atoms with Gasteiger partial charge in [0, 0.05) is 0 Å². The van der Waals surface area contributed by atoms with Crippen molar-refractivity contribution in [3.63, 3.8) is 0 Å². The van der Waals surface area contributed by atoms with Crippen molar-refractivity contribution in [3.8, 4) is 11.5 Å². The Morgan fingerprint density at radius 1 is 1.03 bits per heavy atom. The second-order valence-corrected chi connectivity index (χ2v) is 8.45. The van der Waals surface area contributed by atoms with Gasteiger partial charge in [0.2, 0.25) is 0 Å². The highest BCUT2D eigenvalue weighted by Gasteiger charge is 2.13. The zero-order chi connectivity index (χ0) is 22.1.